The van der Waals surface area contributed by atoms with E-state index >= 15 is 0 Å². The molecule has 1 saturated heterocycles. The number of rotatable bonds is 2. The van der Waals surface area contributed by atoms with Crippen LogP contribution < -0.4 is 0 Å². The molecule has 19 heavy (non-hydrogen) atoms. The van der Waals surface area contributed by atoms with Crippen molar-refractivity contribution in [1.82, 2.24) is 4.90 Å². The van der Waals surface area contributed by atoms with E-state index in [1.54, 1.807) is 6.07 Å². The molecular formula is C16H17NO2. The summed E-state index contributed by atoms with van der Waals surface area (Å²) >= 11 is 0. The molecule has 1 amide bonds. The fourth-order valence-corrected chi connectivity index (χ4v) is 2.72. The summed E-state index contributed by atoms with van der Waals surface area (Å²) in [7, 11) is 0. The average molecular weight is 255 g/mol. The smallest absolute Gasteiger partial charge is 0.290 e. The van der Waals surface area contributed by atoms with Crippen LogP contribution in [0.5, 0.6) is 0 Å². The highest BCUT2D eigenvalue weighted by molar-refractivity contribution is 5.92. The first-order chi connectivity index (χ1) is 9.25. The van der Waals surface area contributed by atoms with Crippen LogP contribution in [-0.4, -0.2) is 17.4 Å². The number of aryl methyl sites for hydroxylation is 1. The van der Waals surface area contributed by atoms with Crippen LogP contribution >= 0.6 is 0 Å². The number of carbonyl (C=O) groups excluding carboxylic acids is 1. The Bertz CT molecular complexity index is 573. The summed E-state index contributed by atoms with van der Waals surface area (Å²) in [5.41, 5.74) is 1.21. The standard InChI is InChI=1S/C16H17NO2/c1-12-9-10-15(19-12)16(18)17-11-5-8-14(17)13-6-3-2-4-7-13/h2-4,6-7,9-10,14H,5,8,11H2,1H3. The molecule has 0 N–H and O–H groups in total. The van der Waals surface area contributed by atoms with Crippen LogP contribution in [0.25, 0.3) is 0 Å². The van der Waals surface area contributed by atoms with Crippen LogP contribution in [-0.2, 0) is 0 Å². The lowest BCUT2D eigenvalue weighted by Gasteiger charge is -2.24. The molecule has 2 aromatic rings. The zero-order valence-corrected chi connectivity index (χ0v) is 11.0. The van der Waals surface area contributed by atoms with Gasteiger partial charge in [-0.15, -0.1) is 0 Å². The maximum Gasteiger partial charge on any atom is 0.290 e. The van der Waals surface area contributed by atoms with Gasteiger partial charge in [-0.1, -0.05) is 30.3 Å². The summed E-state index contributed by atoms with van der Waals surface area (Å²) in [6, 6.07) is 14.0. The Labute approximate surface area is 112 Å². The number of hydrogen-bond acceptors (Lipinski definition) is 2. The highest BCUT2D eigenvalue weighted by Crippen LogP contribution is 2.33. The first-order valence-corrected chi connectivity index (χ1v) is 6.68. The third kappa shape index (κ3) is 2.28. The maximum absolute atomic E-state index is 12.5. The Hall–Kier alpha value is -2.03. The van der Waals surface area contributed by atoms with Gasteiger partial charge in [-0.25, -0.2) is 0 Å². The molecule has 3 nitrogen and oxygen atoms in total. The number of carbonyl (C=O) groups is 1. The van der Waals surface area contributed by atoms with Crippen molar-refractivity contribution >= 4 is 5.91 Å². The Morgan fingerprint density at radius 1 is 1.21 bits per heavy atom. The van der Waals surface area contributed by atoms with Crippen LogP contribution in [0.2, 0.25) is 0 Å². The quantitative estimate of drug-likeness (QED) is 0.822. The van der Waals surface area contributed by atoms with Crippen molar-refractivity contribution in [3.8, 4) is 0 Å². The van der Waals surface area contributed by atoms with E-state index in [1.165, 1.54) is 5.56 Å². The van der Waals surface area contributed by atoms with Gasteiger partial charge in [0, 0.05) is 6.54 Å². The molecule has 1 aliphatic rings. The molecule has 2 heterocycles. The molecule has 98 valence electrons. The molecule has 1 atom stereocenters. The minimum atomic E-state index is -0.000506. The zero-order valence-electron chi connectivity index (χ0n) is 11.0. The molecule has 0 saturated carbocycles. The van der Waals surface area contributed by atoms with Gasteiger partial charge in [-0.3, -0.25) is 4.79 Å². The lowest BCUT2D eigenvalue weighted by atomic mass is 10.0. The molecule has 0 radical (unpaired) electrons. The summed E-state index contributed by atoms with van der Waals surface area (Å²) < 4.78 is 5.45. The summed E-state index contributed by atoms with van der Waals surface area (Å²) in [5, 5.41) is 0. The molecule has 0 spiro atoms. The SMILES string of the molecule is Cc1ccc(C(=O)N2CCCC2c2ccccc2)o1. The lowest BCUT2D eigenvalue weighted by molar-refractivity contribution is 0.0702. The number of likely N-dealkylation sites (tertiary alicyclic amines) is 1. The fourth-order valence-electron chi connectivity index (χ4n) is 2.72. The summed E-state index contributed by atoms with van der Waals surface area (Å²) in [6.45, 7) is 2.66. The Morgan fingerprint density at radius 2 is 2.00 bits per heavy atom. The normalized spacial score (nSPS) is 18.8. The van der Waals surface area contributed by atoms with Gasteiger partial charge in [-0.2, -0.15) is 0 Å². The van der Waals surface area contributed by atoms with Gasteiger partial charge in [0.15, 0.2) is 5.76 Å². The minimum Gasteiger partial charge on any atom is -0.456 e. The van der Waals surface area contributed by atoms with Gasteiger partial charge in [0.05, 0.1) is 6.04 Å². The van der Waals surface area contributed by atoms with E-state index < -0.39 is 0 Å². The molecule has 1 aromatic carbocycles. The number of amides is 1. The van der Waals surface area contributed by atoms with Gasteiger partial charge in [-0.05, 0) is 37.5 Å². The third-order valence-corrected chi connectivity index (χ3v) is 3.65. The van der Waals surface area contributed by atoms with Gasteiger partial charge in [0.1, 0.15) is 5.76 Å². The first kappa shape index (κ1) is 12.0. The van der Waals surface area contributed by atoms with E-state index in [0.717, 1.165) is 25.1 Å². The molecule has 1 aliphatic heterocycles. The fraction of sp³-hybridized carbons (Fsp3) is 0.312. The minimum absolute atomic E-state index is 0.000506. The first-order valence-electron chi connectivity index (χ1n) is 6.68. The molecule has 1 unspecified atom stereocenters. The van der Waals surface area contributed by atoms with Crippen molar-refractivity contribution in [2.75, 3.05) is 6.54 Å². The number of furan rings is 1. The predicted molar refractivity (Wildman–Crippen MR) is 72.9 cm³/mol. The highest BCUT2D eigenvalue weighted by Gasteiger charge is 2.31. The van der Waals surface area contributed by atoms with Crippen molar-refractivity contribution in [2.45, 2.75) is 25.8 Å². The van der Waals surface area contributed by atoms with Gasteiger partial charge >= 0.3 is 0 Å². The average Bonchev–Trinajstić information content (AvgIpc) is 3.07. The molecule has 0 bridgehead atoms. The van der Waals surface area contributed by atoms with E-state index in [0.29, 0.717) is 5.76 Å². The van der Waals surface area contributed by atoms with E-state index in [-0.39, 0.29) is 11.9 Å². The van der Waals surface area contributed by atoms with Crippen molar-refractivity contribution < 1.29 is 9.21 Å². The second-order valence-corrected chi connectivity index (χ2v) is 4.98. The second-order valence-electron chi connectivity index (χ2n) is 4.98. The predicted octanol–water partition coefficient (Wildman–Crippen LogP) is 3.57. The Morgan fingerprint density at radius 3 is 2.68 bits per heavy atom. The van der Waals surface area contributed by atoms with Gasteiger partial charge < -0.3 is 9.32 Å². The van der Waals surface area contributed by atoms with Crippen LogP contribution in [0.4, 0.5) is 0 Å². The molecule has 3 heteroatoms. The van der Waals surface area contributed by atoms with Crippen molar-refractivity contribution in [2.24, 2.45) is 0 Å². The van der Waals surface area contributed by atoms with E-state index in [9.17, 15) is 4.79 Å². The zero-order chi connectivity index (χ0) is 13.2. The highest BCUT2D eigenvalue weighted by atomic mass is 16.3. The second kappa shape index (κ2) is 4.92. The van der Waals surface area contributed by atoms with Crippen LogP contribution in [0, 0.1) is 6.92 Å². The lowest BCUT2D eigenvalue weighted by Crippen LogP contribution is -2.30. The largest absolute Gasteiger partial charge is 0.456 e. The molecule has 3 rings (SSSR count). The number of benzene rings is 1. The van der Waals surface area contributed by atoms with Crippen molar-refractivity contribution in [1.29, 1.82) is 0 Å². The molecule has 1 aromatic heterocycles. The molecular weight excluding hydrogens is 238 g/mol. The number of hydrogen-bond donors (Lipinski definition) is 0. The summed E-state index contributed by atoms with van der Waals surface area (Å²) in [6.07, 6.45) is 2.07. The molecule has 0 aliphatic carbocycles. The maximum atomic E-state index is 12.5. The van der Waals surface area contributed by atoms with E-state index in [2.05, 4.69) is 12.1 Å². The summed E-state index contributed by atoms with van der Waals surface area (Å²) in [4.78, 5) is 14.4. The Balaban J connectivity index is 1.86. The van der Waals surface area contributed by atoms with Crippen LogP contribution in [0.3, 0.4) is 0 Å². The third-order valence-electron chi connectivity index (χ3n) is 3.65. The van der Waals surface area contributed by atoms with Crippen molar-refractivity contribution in [3.63, 3.8) is 0 Å². The Kier molecular flexibility index (Phi) is 3.11. The van der Waals surface area contributed by atoms with Crippen LogP contribution in [0.1, 0.15) is 40.8 Å². The monoisotopic (exact) mass is 255 g/mol. The number of nitrogens with zero attached hydrogens (tertiary/aromatic N) is 1. The summed E-state index contributed by atoms with van der Waals surface area (Å²) in [5.74, 6) is 1.22. The topological polar surface area (TPSA) is 33.5 Å². The van der Waals surface area contributed by atoms with Crippen LogP contribution in [0.15, 0.2) is 46.9 Å². The van der Waals surface area contributed by atoms with Crippen molar-refractivity contribution in [3.05, 3.63) is 59.5 Å². The van der Waals surface area contributed by atoms with E-state index in [1.807, 2.05) is 36.1 Å². The van der Waals surface area contributed by atoms with E-state index in [4.69, 9.17) is 4.42 Å². The van der Waals surface area contributed by atoms with Gasteiger partial charge in [0.2, 0.25) is 0 Å². The van der Waals surface area contributed by atoms with Gasteiger partial charge in [0.25, 0.3) is 5.91 Å². The molecule has 1 fully saturated rings.